The first-order chi connectivity index (χ1) is 14.9. The molecule has 1 fully saturated rings. The van der Waals surface area contributed by atoms with Gasteiger partial charge in [0.1, 0.15) is 5.69 Å². The molecule has 162 valence electrons. The van der Waals surface area contributed by atoms with Crippen LogP contribution in [0.2, 0.25) is 0 Å². The molecular formula is C22H23F2N5O2. The van der Waals surface area contributed by atoms with Crippen molar-refractivity contribution in [3.05, 3.63) is 54.1 Å². The first-order valence-electron chi connectivity index (χ1n) is 10.2. The molecular weight excluding hydrogens is 404 g/mol. The predicted octanol–water partition coefficient (Wildman–Crippen LogP) is 5.15. The lowest BCUT2D eigenvalue weighted by Crippen LogP contribution is -2.23. The standard InChI is InChI=1S/C22H23F2N5O2/c1-13-8-15(10-17(9-13)27-22-25-7-6-19(28-22)20(23)24)16-11-26-29(12-16)18-4-2-14(3-5-18)21(30)31/h6-12,14,18,20H,2-5H2,1H3,(H,30,31)(H,25,27,28)/t14-,18-. The number of alkyl halides is 2. The Kier molecular flexibility index (Phi) is 5.92. The molecule has 2 N–H and O–H groups in total. The smallest absolute Gasteiger partial charge is 0.306 e. The largest absolute Gasteiger partial charge is 0.481 e. The summed E-state index contributed by atoms with van der Waals surface area (Å²) in [7, 11) is 0. The number of nitrogens with one attached hydrogen (secondary N) is 1. The highest BCUT2D eigenvalue weighted by atomic mass is 19.3. The third-order valence-corrected chi connectivity index (χ3v) is 5.59. The number of benzene rings is 1. The highest BCUT2D eigenvalue weighted by molar-refractivity contribution is 5.70. The maximum Gasteiger partial charge on any atom is 0.306 e. The minimum atomic E-state index is -2.66. The molecule has 1 aromatic carbocycles. The lowest BCUT2D eigenvalue weighted by molar-refractivity contribution is -0.143. The third-order valence-electron chi connectivity index (χ3n) is 5.59. The molecule has 9 heteroatoms. The monoisotopic (exact) mass is 427 g/mol. The molecule has 1 aliphatic carbocycles. The van der Waals surface area contributed by atoms with Crippen LogP contribution < -0.4 is 5.32 Å². The van der Waals surface area contributed by atoms with E-state index in [1.807, 2.05) is 36.0 Å². The second kappa shape index (κ2) is 8.79. The molecule has 4 rings (SSSR count). The SMILES string of the molecule is Cc1cc(Nc2nccc(C(F)F)n2)cc(-c2cnn([C@H]3CC[C@H](C(=O)O)CC3)c2)c1. The van der Waals surface area contributed by atoms with Gasteiger partial charge in [-0.15, -0.1) is 0 Å². The number of rotatable bonds is 6. The van der Waals surface area contributed by atoms with Crippen molar-refractivity contribution in [3.8, 4) is 11.1 Å². The van der Waals surface area contributed by atoms with Gasteiger partial charge in [0.05, 0.1) is 18.2 Å². The second-order valence-corrected chi connectivity index (χ2v) is 7.87. The van der Waals surface area contributed by atoms with Crippen molar-refractivity contribution in [2.75, 3.05) is 5.32 Å². The predicted molar refractivity (Wildman–Crippen MR) is 111 cm³/mol. The van der Waals surface area contributed by atoms with Crippen LogP contribution in [0.5, 0.6) is 0 Å². The number of halogens is 2. The number of hydrogen-bond donors (Lipinski definition) is 2. The Bertz CT molecular complexity index is 1080. The van der Waals surface area contributed by atoms with Crippen LogP contribution in [0.25, 0.3) is 11.1 Å². The highest BCUT2D eigenvalue weighted by Crippen LogP contribution is 2.33. The van der Waals surface area contributed by atoms with E-state index in [4.69, 9.17) is 0 Å². The number of aromatic nitrogens is 4. The molecule has 0 atom stereocenters. The first-order valence-corrected chi connectivity index (χ1v) is 10.2. The Balaban J connectivity index is 1.51. The summed E-state index contributed by atoms with van der Waals surface area (Å²) in [5, 5.41) is 16.7. The van der Waals surface area contributed by atoms with E-state index in [0.717, 1.165) is 29.5 Å². The Labute approximate surface area is 178 Å². The van der Waals surface area contributed by atoms with Crippen LogP contribution in [-0.4, -0.2) is 30.8 Å². The number of carbonyl (C=O) groups is 1. The molecule has 0 unspecified atom stereocenters. The van der Waals surface area contributed by atoms with Gasteiger partial charge in [-0.25, -0.2) is 18.7 Å². The topological polar surface area (TPSA) is 92.9 Å². The van der Waals surface area contributed by atoms with Crippen LogP contribution in [-0.2, 0) is 4.79 Å². The number of hydrogen-bond acceptors (Lipinski definition) is 5. The van der Waals surface area contributed by atoms with Crippen molar-refractivity contribution in [3.63, 3.8) is 0 Å². The van der Waals surface area contributed by atoms with Gasteiger partial charge in [0.25, 0.3) is 6.43 Å². The van der Waals surface area contributed by atoms with Crippen LogP contribution in [0.4, 0.5) is 20.4 Å². The van der Waals surface area contributed by atoms with Gasteiger partial charge in [0, 0.05) is 23.6 Å². The lowest BCUT2D eigenvalue weighted by Gasteiger charge is -2.26. The average Bonchev–Trinajstić information content (AvgIpc) is 3.24. The average molecular weight is 427 g/mol. The summed E-state index contributed by atoms with van der Waals surface area (Å²) >= 11 is 0. The third kappa shape index (κ3) is 4.87. The summed E-state index contributed by atoms with van der Waals surface area (Å²) in [5.74, 6) is -0.870. The number of aryl methyl sites for hydroxylation is 1. The van der Waals surface area contributed by atoms with Crippen LogP contribution in [0.1, 0.15) is 49.4 Å². The molecule has 1 aliphatic rings. The van der Waals surface area contributed by atoms with Crippen molar-refractivity contribution in [1.82, 2.24) is 19.7 Å². The van der Waals surface area contributed by atoms with E-state index in [2.05, 4.69) is 20.4 Å². The second-order valence-electron chi connectivity index (χ2n) is 7.87. The molecule has 0 amide bonds. The molecule has 0 saturated heterocycles. The van der Waals surface area contributed by atoms with Gasteiger partial charge in [-0.3, -0.25) is 9.48 Å². The molecule has 0 spiro atoms. The van der Waals surface area contributed by atoms with Crippen molar-refractivity contribution >= 4 is 17.6 Å². The van der Waals surface area contributed by atoms with Crippen molar-refractivity contribution < 1.29 is 18.7 Å². The fourth-order valence-electron chi connectivity index (χ4n) is 3.98. The van der Waals surface area contributed by atoms with E-state index in [-0.39, 0.29) is 23.6 Å². The Hall–Kier alpha value is -3.36. The van der Waals surface area contributed by atoms with Crippen LogP contribution in [0.15, 0.2) is 42.9 Å². The van der Waals surface area contributed by atoms with Crippen molar-refractivity contribution in [2.45, 2.75) is 45.1 Å². The van der Waals surface area contributed by atoms with E-state index >= 15 is 0 Å². The summed E-state index contributed by atoms with van der Waals surface area (Å²) in [6.07, 6.45) is 5.29. The Morgan fingerprint density at radius 3 is 2.68 bits per heavy atom. The van der Waals surface area contributed by atoms with E-state index in [9.17, 15) is 18.7 Å². The Morgan fingerprint density at radius 2 is 1.97 bits per heavy atom. The fraction of sp³-hybridized carbons (Fsp3) is 0.364. The van der Waals surface area contributed by atoms with Gasteiger partial charge in [-0.2, -0.15) is 5.10 Å². The summed E-state index contributed by atoms with van der Waals surface area (Å²) in [5.41, 5.74) is 3.20. The normalized spacial score (nSPS) is 18.8. The minimum Gasteiger partial charge on any atom is -0.481 e. The number of anilines is 2. The summed E-state index contributed by atoms with van der Waals surface area (Å²) in [4.78, 5) is 19.0. The number of aliphatic carboxylic acids is 1. The van der Waals surface area contributed by atoms with Crippen molar-refractivity contribution in [1.29, 1.82) is 0 Å². The Morgan fingerprint density at radius 1 is 1.19 bits per heavy atom. The highest BCUT2D eigenvalue weighted by Gasteiger charge is 2.27. The summed E-state index contributed by atoms with van der Waals surface area (Å²) in [6.45, 7) is 1.95. The zero-order chi connectivity index (χ0) is 22.0. The first kappa shape index (κ1) is 20.9. The van der Waals surface area contributed by atoms with Gasteiger partial charge in [0.15, 0.2) is 0 Å². The molecule has 1 saturated carbocycles. The molecule has 0 bridgehead atoms. The van der Waals surface area contributed by atoms with E-state index < -0.39 is 12.4 Å². The number of nitrogens with zero attached hydrogens (tertiary/aromatic N) is 4. The lowest BCUT2D eigenvalue weighted by atomic mass is 9.86. The number of carboxylic acids is 1. The molecule has 31 heavy (non-hydrogen) atoms. The maximum absolute atomic E-state index is 12.9. The van der Waals surface area contributed by atoms with E-state index in [0.29, 0.717) is 18.5 Å². The van der Waals surface area contributed by atoms with Crippen LogP contribution in [0, 0.1) is 12.8 Å². The zero-order valence-corrected chi connectivity index (χ0v) is 17.0. The van der Waals surface area contributed by atoms with Gasteiger partial charge >= 0.3 is 5.97 Å². The van der Waals surface area contributed by atoms with Gasteiger partial charge < -0.3 is 10.4 Å². The van der Waals surface area contributed by atoms with Gasteiger partial charge in [-0.1, -0.05) is 6.07 Å². The van der Waals surface area contributed by atoms with Crippen molar-refractivity contribution in [2.24, 2.45) is 5.92 Å². The van der Waals surface area contributed by atoms with Crippen LogP contribution >= 0.6 is 0 Å². The molecule has 3 aromatic rings. The molecule has 7 nitrogen and oxygen atoms in total. The minimum absolute atomic E-state index is 0.111. The van der Waals surface area contributed by atoms with E-state index in [1.54, 1.807) is 6.20 Å². The molecule has 0 aliphatic heterocycles. The van der Waals surface area contributed by atoms with Gasteiger partial charge in [0.2, 0.25) is 5.95 Å². The number of carboxylic acid groups (broad SMARTS) is 1. The molecule has 2 heterocycles. The fourth-order valence-corrected chi connectivity index (χ4v) is 3.98. The quantitative estimate of drug-likeness (QED) is 0.565. The summed E-state index contributed by atoms with van der Waals surface area (Å²) < 4.78 is 27.7. The maximum atomic E-state index is 12.9. The van der Waals surface area contributed by atoms with Gasteiger partial charge in [-0.05, 0) is 61.9 Å². The molecule has 2 aromatic heterocycles. The van der Waals surface area contributed by atoms with Crippen LogP contribution in [0.3, 0.4) is 0 Å². The van der Waals surface area contributed by atoms with E-state index in [1.165, 1.54) is 12.3 Å². The summed E-state index contributed by atoms with van der Waals surface area (Å²) in [6, 6.07) is 7.19. The zero-order valence-electron chi connectivity index (χ0n) is 17.0. The molecule has 0 radical (unpaired) electrons.